The van der Waals surface area contributed by atoms with E-state index in [-0.39, 0.29) is 18.4 Å². The number of aliphatic hydroxyl groups is 1. The average Bonchev–Trinajstić information content (AvgIpc) is 1.99. The molecule has 0 aromatic rings. The van der Waals surface area contributed by atoms with Gasteiger partial charge < -0.3 is 16.2 Å². The third-order valence-corrected chi connectivity index (χ3v) is 1.82. The van der Waals surface area contributed by atoms with Gasteiger partial charge in [-0.25, -0.2) is 0 Å². The van der Waals surface area contributed by atoms with Crippen molar-refractivity contribution in [3.63, 3.8) is 0 Å². The van der Waals surface area contributed by atoms with Crippen LogP contribution in [-0.2, 0) is 4.79 Å². The van der Waals surface area contributed by atoms with Crippen LogP contribution in [0.5, 0.6) is 0 Å². The van der Waals surface area contributed by atoms with Crippen LogP contribution < -0.4 is 11.1 Å². The molecule has 4 N–H and O–H groups in total. The van der Waals surface area contributed by atoms with Crippen LogP contribution >= 0.6 is 0 Å². The third kappa shape index (κ3) is 5.60. The molecule has 0 saturated carbocycles. The summed E-state index contributed by atoms with van der Waals surface area (Å²) in [6.07, 6.45) is 0.700. The van der Waals surface area contributed by atoms with E-state index in [9.17, 15) is 4.79 Å². The molecule has 78 valence electrons. The van der Waals surface area contributed by atoms with Crippen LogP contribution in [0.4, 0.5) is 0 Å². The van der Waals surface area contributed by atoms with E-state index in [2.05, 4.69) is 5.32 Å². The highest BCUT2D eigenvalue weighted by molar-refractivity contribution is 5.84. The van der Waals surface area contributed by atoms with Gasteiger partial charge in [0.2, 0.25) is 5.91 Å². The molecule has 0 fully saturated rings. The Labute approximate surface area is 79.5 Å². The summed E-state index contributed by atoms with van der Waals surface area (Å²) >= 11 is 0. The molecule has 0 radical (unpaired) electrons. The number of aliphatic hydroxyl groups excluding tert-OH is 1. The summed E-state index contributed by atoms with van der Waals surface area (Å²) in [4.78, 5) is 11.3. The van der Waals surface area contributed by atoms with Crippen molar-refractivity contribution in [2.75, 3.05) is 13.2 Å². The summed E-state index contributed by atoms with van der Waals surface area (Å²) in [5.41, 5.74) is 4.76. The molecule has 0 saturated heterocycles. The van der Waals surface area contributed by atoms with Crippen molar-refractivity contribution in [2.45, 2.75) is 32.7 Å². The zero-order valence-electron chi connectivity index (χ0n) is 8.63. The van der Waals surface area contributed by atoms with E-state index in [1.807, 2.05) is 6.92 Å². The Morgan fingerprint density at radius 1 is 1.62 bits per heavy atom. The van der Waals surface area contributed by atoms with E-state index < -0.39 is 5.54 Å². The van der Waals surface area contributed by atoms with Gasteiger partial charge in [-0.15, -0.1) is 0 Å². The molecule has 4 heteroatoms. The molecule has 0 spiro atoms. The fourth-order valence-electron chi connectivity index (χ4n) is 0.817. The average molecular weight is 188 g/mol. The number of nitrogens with two attached hydrogens (primary N) is 1. The molecule has 13 heavy (non-hydrogen) atoms. The second-order valence-electron chi connectivity index (χ2n) is 4.05. The number of hydrogen-bond donors (Lipinski definition) is 3. The Morgan fingerprint density at radius 3 is 2.54 bits per heavy atom. The summed E-state index contributed by atoms with van der Waals surface area (Å²) in [6.45, 7) is 6.03. The van der Waals surface area contributed by atoms with Gasteiger partial charge in [-0.05, 0) is 26.2 Å². The molecule has 0 aliphatic rings. The highest BCUT2D eigenvalue weighted by Gasteiger charge is 2.21. The molecule has 1 atom stereocenters. The maximum atomic E-state index is 11.3. The van der Waals surface area contributed by atoms with E-state index in [0.29, 0.717) is 13.0 Å². The topological polar surface area (TPSA) is 75.3 Å². The maximum Gasteiger partial charge on any atom is 0.239 e. The van der Waals surface area contributed by atoms with E-state index in [1.54, 1.807) is 13.8 Å². The van der Waals surface area contributed by atoms with Crippen LogP contribution in [0.2, 0.25) is 0 Å². The number of carbonyl (C=O) groups is 1. The van der Waals surface area contributed by atoms with Crippen molar-refractivity contribution in [1.82, 2.24) is 5.32 Å². The lowest BCUT2D eigenvalue weighted by Gasteiger charge is -2.19. The van der Waals surface area contributed by atoms with Gasteiger partial charge in [0.1, 0.15) is 0 Å². The minimum atomic E-state index is -0.821. The predicted octanol–water partition coefficient (Wildman–Crippen LogP) is -0.142. The van der Waals surface area contributed by atoms with Crippen LogP contribution in [0.25, 0.3) is 0 Å². The second-order valence-corrected chi connectivity index (χ2v) is 4.05. The van der Waals surface area contributed by atoms with Crippen LogP contribution in [0.1, 0.15) is 27.2 Å². The number of amides is 1. The first-order valence-electron chi connectivity index (χ1n) is 4.56. The van der Waals surface area contributed by atoms with Gasteiger partial charge in [0.15, 0.2) is 0 Å². The quantitative estimate of drug-likeness (QED) is 0.562. The van der Waals surface area contributed by atoms with Crippen LogP contribution in [0.3, 0.4) is 0 Å². The van der Waals surface area contributed by atoms with E-state index >= 15 is 0 Å². The van der Waals surface area contributed by atoms with Gasteiger partial charge in [-0.2, -0.15) is 0 Å². The molecule has 0 bridgehead atoms. The summed E-state index contributed by atoms with van der Waals surface area (Å²) in [5, 5.41) is 11.4. The minimum absolute atomic E-state index is 0.155. The van der Waals surface area contributed by atoms with Crippen molar-refractivity contribution < 1.29 is 9.90 Å². The summed E-state index contributed by atoms with van der Waals surface area (Å²) in [5.74, 6) is 0.133. The first-order valence-corrected chi connectivity index (χ1v) is 4.56. The lowest BCUT2D eigenvalue weighted by atomic mass is 10.1. The van der Waals surface area contributed by atoms with Gasteiger partial charge in [-0.1, -0.05) is 6.92 Å². The first-order chi connectivity index (χ1) is 5.88. The Kier molecular flexibility index (Phi) is 4.95. The molecule has 0 heterocycles. The van der Waals surface area contributed by atoms with Gasteiger partial charge >= 0.3 is 0 Å². The number of hydrogen-bond acceptors (Lipinski definition) is 3. The lowest BCUT2D eigenvalue weighted by Crippen LogP contribution is -2.50. The molecule has 0 aliphatic carbocycles. The molecule has 1 unspecified atom stereocenters. The van der Waals surface area contributed by atoms with Gasteiger partial charge in [0.25, 0.3) is 0 Å². The summed E-state index contributed by atoms with van der Waals surface area (Å²) in [6, 6.07) is 0. The maximum absolute atomic E-state index is 11.3. The lowest BCUT2D eigenvalue weighted by molar-refractivity contribution is -0.125. The Balaban J connectivity index is 3.71. The molecule has 1 amide bonds. The Morgan fingerprint density at radius 2 is 2.15 bits per heavy atom. The zero-order valence-corrected chi connectivity index (χ0v) is 8.63. The Hall–Kier alpha value is -0.610. The first kappa shape index (κ1) is 12.4. The van der Waals surface area contributed by atoms with E-state index in [0.717, 1.165) is 0 Å². The number of nitrogens with one attached hydrogen (secondary N) is 1. The van der Waals surface area contributed by atoms with Crippen molar-refractivity contribution in [3.8, 4) is 0 Å². The fourth-order valence-corrected chi connectivity index (χ4v) is 0.817. The molecule has 0 aliphatic heterocycles. The van der Waals surface area contributed by atoms with Crippen LogP contribution in [0, 0.1) is 5.92 Å². The highest BCUT2D eigenvalue weighted by atomic mass is 16.3. The molecular weight excluding hydrogens is 168 g/mol. The van der Waals surface area contributed by atoms with Crippen molar-refractivity contribution in [2.24, 2.45) is 11.7 Å². The second kappa shape index (κ2) is 5.19. The third-order valence-electron chi connectivity index (χ3n) is 1.82. The van der Waals surface area contributed by atoms with Gasteiger partial charge in [0.05, 0.1) is 5.54 Å². The molecular formula is C9H20N2O2. The number of carbonyl (C=O) groups excluding carboxylic acids is 1. The van der Waals surface area contributed by atoms with Crippen molar-refractivity contribution in [1.29, 1.82) is 0 Å². The molecule has 0 rings (SSSR count). The molecule has 4 nitrogen and oxygen atoms in total. The fraction of sp³-hybridized carbons (Fsp3) is 0.889. The largest absolute Gasteiger partial charge is 0.396 e. The Bertz CT molecular complexity index is 163. The normalized spacial score (nSPS) is 13.9. The monoisotopic (exact) mass is 188 g/mol. The molecule has 0 aromatic heterocycles. The van der Waals surface area contributed by atoms with Crippen LogP contribution in [-0.4, -0.2) is 29.7 Å². The standard InChI is InChI=1S/C9H20N2O2/c1-7(4-5-12)6-11-8(13)9(2,3)10/h7,12H,4-6,10H2,1-3H3,(H,11,13). The summed E-state index contributed by atoms with van der Waals surface area (Å²) < 4.78 is 0. The number of rotatable bonds is 5. The highest BCUT2D eigenvalue weighted by Crippen LogP contribution is 2.00. The predicted molar refractivity (Wildman–Crippen MR) is 52.1 cm³/mol. The van der Waals surface area contributed by atoms with Gasteiger partial charge in [-0.3, -0.25) is 4.79 Å². The minimum Gasteiger partial charge on any atom is -0.396 e. The van der Waals surface area contributed by atoms with Crippen LogP contribution in [0.15, 0.2) is 0 Å². The molecule has 0 aromatic carbocycles. The summed E-state index contributed by atoms with van der Waals surface area (Å²) in [7, 11) is 0. The SMILES string of the molecule is CC(CCO)CNC(=O)C(C)(C)N. The smallest absolute Gasteiger partial charge is 0.239 e. The van der Waals surface area contributed by atoms with E-state index in [1.165, 1.54) is 0 Å². The van der Waals surface area contributed by atoms with Crippen molar-refractivity contribution in [3.05, 3.63) is 0 Å². The van der Waals surface area contributed by atoms with Crippen molar-refractivity contribution >= 4 is 5.91 Å². The zero-order chi connectivity index (χ0) is 10.5. The van der Waals surface area contributed by atoms with E-state index in [4.69, 9.17) is 10.8 Å². The van der Waals surface area contributed by atoms with Gasteiger partial charge in [0, 0.05) is 13.2 Å².